The van der Waals surface area contributed by atoms with Gasteiger partial charge in [0, 0.05) is 30.6 Å². The molecule has 1 aromatic heterocycles. The van der Waals surface area contributed by atoms with Gasteiger partial charge in [0.25, 0.3) is 5.91 Å². The highest BCUT2D eigenvalue weighted by Crippen LogP contribution is 2.31. The summed E-state index contributed by atoms with van der Waals surface area (Å²) in [6, 6.07) is 7.58. The third kappa shape index (κ3) is 2.85. The summed E-state index contributed by atoms with van der Waals surface area (Å²) in [4.78, 5) is 24.0. The first-order valence-corrected chi connectivity index (χ1v) is 7.22. The zero-order valence-corrected chi connectivity index (χ0v) is 13.4. The molecule has 0 fully saturated rings. The van der Waals surface area contributed by atoms with Crippen molar-refractivity contribution in [2.24, 2.45) is 7.05 Å². The number of carbonyl (C=O) groups is 2. The molecule has 0 aliphatic carbocycles. The number of esters is 1. The first kappa shape index (κ1) is 16.1. The molecule has 0 bridgehead atoms. The number of aromatic nitrogens is 1. The average Bonchev–Trinajstić information content (AvgIpc) is 2.76. The average molecular weight is 321 g/mol. The highest BCUT2D eigenvalue weighted by atomic mass is 35.5. The van der Waals surface area contributed by atoms with Crippen LogP contribution in [0.4, 0.5) is 0 Å². The number of likely N-dealkylation sites (N-methyl/N-ethyl adjacent to an activating group) is 1. The molecule has 0 aliphatic heterocycles. The van der Waals surface area contributed by atoms with Gasteiger partial charge in [-0.2, -0.15) is 0 Å². The Hall–Kier alpha value is -2.27. The number of rotatable bonds is 4. The van der Waals surface area contributed by atoms with Crippen molar-refractivity contribution in [1.82, 2.24) is 9.88 Å². The first-order valence-electron chi connectivity index (χ1n) is 6.85. The maximum atomic E-state index is 12.0. The van der Waals surface area contributed by atoms with Gasteiger partial charge in [-0.15, -0.1) is 0 Å². The van der Waals surface area contributed by atoms with Gasteiger partial charge in [-0.3, -0.25) is 4.79 Å². The quantitative estimate of drug-likeness (QED) is 0.407. The minimum Gasteiger partial charge on any atom is -0.462 e. The van der Waals surface area contributed by atoms with Crippen LogP contribution in [0.15, 0.2) is 29.8 Å². The number of fused-ring (bicyclic) bond motifs is 1. The third-order valence-corrected chi connectivity index (χ3v) is 3.79. The Morgan fingerprint density at radius 2 is 2.05 bits per heavy atom. The molecule has 2 rings (SSSR count). The van der Waals surface area contributed by atoms with Crippen LogP contribution in [0.5, 0.6) is 0 Å². The molecule has 6 heteroatoms. The molecular formula is C16H17ClN2O3. The van der Waals surface area contributed by atoms with Crippen molar-refractivity contribution in [3.63, 3.8) is 0 Å². The fraction of sp³-hybridized carbons (Fsp3) is 0.250. The summed E-state index contributed by atoms with van der Waals surface area (Å²) in [5, 5.41) is 3.75. The molecule has 0 unspecified atom stereocenters. The summed E-state index contributed by atoms with van der Waals surface area (Å²) in [5.41, 5.74) is 1.45. The van der Waals surface area contributed by atoms with Gasteiger partial charge in [0.15, 0.2) is 0 Å². The molecule has 0 atom stereocenters. The molecular weight excluding hydrogens is 304 g/mol. The van der Waals surface area contributed by atoms with E-state index in [1.165, 1.54) is 13.1 Å². The second kappa shape index (κ2) is 6.66. The molecule has 1 heterocycles. The number of carbonyl (C=O) groups excluding carboxylic acids is 2. The van der Waals surface area contributed by atoms with Crippen LogP contribution in [0.25, 0.3) is 17.0 Å². The van der Waals surface area contributed by atoms with Crippen LogP contribution in [0, 0.1) is 0 Å². The largest absolute Gasteiger partial charge is 0.462 e. The Kier molecular flexibility index (Phi) is 4.88. The van der Waals surface area contributed by atoms with Crippen LogP contribution >= 0.6 is 11.6 Å². The lowest BCUT2D eigenvalue weighted by Gasteiger charge is -2.05. The van der Waals surface area contributed by atoms with Crippen LogP contribution in [0.2, 0.25) is 5.15 Å². The van der Waals surface area contributed by atoms with Crippen LogP contribution in [-0.4, -0.2) is 30.1 Å². The normalized spacial score (nSPS) is 11.5. The van der Waals surface area contributed by atoms with E-state index in [-0.39, 0.29) is 12.2 Å². The number of nitrogens with one attached hydrogen (secondary N) is 1. The maximum absolute atomic E-state index is 12.0. The summed E-state index contributed by atoms with van der Waals surface area (Å²) < 4.78 is 6.74. The highest BCUT2D eigenvalue weighted by Gasteiger charge is 2.21. The Bertz CT molecular complexity index is 762. The predicted octanol–water partition coefficient (Wildman–Crippen LogP) is 2.52. The number of ether oxygens (including phenoxy) is 1. The van der Waals surface area contributed by atoms with Crippen molar-refractivity contribution in [3.8, 4) is 0 Å². The molecule has 2 aromatic rings. The first-order chi connectivity index (χ1) is 10.5. The number of hydrogen-bond donors (Lipinski definition) is 1. The number of halogens is 1. The standard InChI is InChI=1S/C16H17ClN2O3/c1-4-22-16(21)12(15(20)18-2)9-11-10-7-5-6-8-13(10)19(3)14(11)17/h5-9H,4H2,1-3H3,(H,18,20)/b12-9+. The number of benzene rings is 1. The van der Waals surface area contributed by atoms with Gasteiger partial charge in [0.2, 0.25) is 0 Å². The Morgan fingerprint density at radius 3 is 2.68 bits per heavy atom. The lowest BCUT2D eigenvalue weighted by molar-refractivity contribution is -0.140. The van der Waals surface area contributed by atoms with Gasteiger partial charge in [0.05, 0.1) is 6.61 Å². The van der Waals surface area contributed by atoms with Gasteiger partial charge in [0.1, 0.15) is 10.7 Å². The van der Waals surface area contributed by atoms with Gasteiger partial charge in [-0.05, 0) is 19.1 Å². The summed E-state index contributed by atoms with van der Waals surface area (Å²) in [6.07, 6.45) is 1.47. The predicted molar refractivity (Wildman–Crippen MR) is 86.6 cm³/mol. The van der Waals surface area contributed by atoms with Crippen molar-refractivity contribution >= 4 is 40.5 Å². The van der Waals surface area contributed by atoms with Gasteiger partial charge < -0.3 is 14.6 Å². The molecule has 0 radical (unpaired) electrons. The van der Waals surface area contributed by atoms with Crippen molar-refractivity contribution in [2.75, 3.05) is 13.7 Å². The summed E-state index contributed by atoms with van der Waals surface area (Å²) in [6.45, 7) is 1.88. The molecule has 1 aromatic carbocycles. The van der Waals surface area contributed by atoms with E-state index in [9.17, 15) is 9.59 Å². The van der Waals surface area contributed by atoms with Crippen LogP contribution < -0.4 is 5.32 Å². The van der Waals surface area contributed by atoms with Gasteiger partial charge >= 0.3 is 5.97 Å². The molecule has 0 saturated heterocycles. The van der Waals surface area contributed by atoms with Crippen LogP contribution in [-0.2, 0) is 21.4 Å². The van der Waals surface area contributed by atoms with E-state index in [2.05, 4.69) is 5.32 Å². The van der Waals surface area contributed by atoms with Crippen molar-refractivity contribution in [3.05, 3.63) is 40.6 Å². The Balaban J connectivity index is 2.64. The molecule has 1 amide bonds. The minimum absolute atomic E-state index is 0.0809. The van der Waals surface area contributed by atoms with Crippen LogP contribution in [0.1, 0.15) is 12.5 Å². The lowest BCUT2D eigenvalue weighted by atomic mass is 10.1. The number of aryl methyl sites for hydroxylation is 1. The van der Waals surface area contributed by atoms with E-state index in [1.807, 2.05) is 31.3 Å². The fourth-order valence-electron chi connectivity index (χ4n) is 2.23. The number of hydrogen-bond acceptors (Lipinski definition) is 3. The Morgan fingerprint density at radius 1 is 1.36 bits per heavy atom. The van der Waals surface area contributed by atoms with Crippen molar-refractivity contribution in [1.29, 1.82) is 0 Å². The maximum Gasteiger partial charge on any atom is 0.343 e. The van der Waals surface area contributed by atoms with E-state index < -0.39 is 11.9 Å². The van der Waals surface area contributed by atoms with Gasteiger partial charge in [-0.25, -0.2) is 4.79 Å². The van der Waals surface area contributed by atoms with Crippen molar-refractivity contribution in [2.45, 2.75) is 6.92 Å². The van der Waals surface area contributed by atoms with E-state index in [0.717, 1.165) is 10.9 Å². The number of para-hydroxylation sites is 1. The molecule has 116 valence electrons. The highest BCUT2D eigenvalue weighted by molar-refractivity contribution is 6.33. The zero-order valence-electron chi connectivity index (χ0n) is 12.6. The Labute approximate surface area is 133 Å². The summed E-state index contributed by atoms with van der Waals surface area (Å²) >= 11 is 6.34. The molecule has 0 aliphatic rings. The molecule has 1 N–H and O–H groups in total. The second-order valence-electron chi connectivity index (χ2n) is 4.64. The van der Waals surface area contributed by atoms with Gasteiger partial charge in [-0.1, -0.05) is 29.8 Å². The van der Waals surface area contributed by atoms with E-state index in [1.54, 1.807) is 11.5 Å². The zero-order chi connectivity index (χ0) is 16.3. The fourth-order valence-corrected chi connectivity index (χ4v) is 2.48. The number of nitrogens with zero attached hydrogens (tertiary/aromatic N) is 1. The SMILES string of the molecule is CCOC(=O)/C(=C/c1c(Cl)n(C)c2ccccc12)C(=O)NC. The van der Waals surface area contributed by atoms with Crippen molar-refractivity contribution < 1.29 is 14.3 Å². The van der Waals surface area contributed by atoms with E-state index in [4.69, 9.17) is 16.3 Å². The molecule has 5 nitrogen and oxygen atoms in total. The summed E-state index contributed by atoms with van der Waals surface area (Å²) in [5.74, 6) is -1.19. The molecule has 0 spiro atoms. The van der Waals surface area contributed by atoms with Crippen LogP contribution in [0.3, 0.4) is 0 Å². The summed E-state index contributed by atoms with van der Waals surface area (Å²) in [7, 11) is 3.28. The molecule has 0 saturated carbocycles. The molecule has 22 heavy (non-hydrogen) atoms. The second-order valence-corrected chi connectivity index (χ2v) is 5.00. The lowest BCUT2D eigenvalue weighted by Crippen LogP contribution is -2.26. The van der Waals surface area contributed by atoms with E-state index in [0.29, 0.717) is 10.7 Å². The topological polar surface area (TPSA) is 60.3 Å². The smallest absolute Gasteiger partial charge is 0.343 e. The number of amides is 1. The van der Waals surface area contributed by atoms with E-state index >= 15 is 0 Å². The monoisotopic (exact) mass is 320 g/mol. The third-order valence-electron chi connectivity index (χ3n) is 3.33. The minimum atomic E-state index is -0.675.